The van der Waals surface area contributed by atoms with Crippen molar-refractivity contribution in [1.29, 1.82) is 0 Å². The fourth-order valence-corrected chi connectivity index (χ4v) is 2.51. The number of phenols is 1. The Labute approximate surface area is 124 Å². The molecule has 0 bridgehead atoms. The van der Waals surface area contributed by atoms with E-state index in [1.54, 1.807) is 12.1 Å². The summed E-state index contributed by atoms with van der Waals surface area (Å²) >= 11 is 0. The van der Waals surface area contributed by atoms with Crippen molar-refractivity contribution >= 4 is 0 Å². The van der Waals surface area contributed by atoms with Gasteiger partial charge in [-0.05, 0) is 36.8 Å². The van der Waals surface area contributed by atoms with E-state index in [9.17, 15) is 5.11 Å². The van der Waals surface area contributed by atoms with E-state index >= 15 is 0 Å². The van der Waals surface area contributed by atoms with Gasteiger partial charge in [0.1, 0.15) is 18.5 Å². The smallest absolute Gasteiger partial charge is 0.244 e. The van der Waals surface area contributed by atoms with Crippen LogP contribution in [0.2, 0.25) is 0 Å². The number of aromatic nitrogens is 2. The summed E-state index contributed by atoms with van der Waals surface area (Å²) in [6.45, 7) is 3.91. The molecule has 0 atom stereocenters. The van der Waals surface area contributed by atoms with Gasteiger partial charge in [0, 0.05) is 5.56 Å². The van der Waals surface area contributed by atoms with Crippen LogP contribution < -0.4 is 4.57 Å². The molecule has 0 unspecified atom stereocenters. The molecule has 1 aromatic heterocycles. The van der Waals surface area contributed by atoms with Crippen molar-refractivity contribution in [2.45, 2.75) is 20.0 Å². The molecule has 0 aliphatic carbocycles. The Kier molecular flexibility index (Phi) is 3.73. The van der Waals surface area contributed by atoms with E-state index < -0.39 is 0 Å². The molecule has 0 fully saturated rings. The molecule has 0 aliphatic heterocycles. The van der Waals surface area contributed by atoms with Gasteiger partial charge in [-0.1, -0.05) is 30.3 Å². The minimum atomic E-state index is 0.297. The molecule has 2 aromatic carbocycles. The summed E-state index contributed by atoms with van der Waals surface area (Å²) < 4.78 is 4.41. The van der Waals surface area contributed by atoms with Gasteiger partial charge in [0.15, 0.2) is 5.69 Å². The number of aryl methyl sites for hydroxylation is 1. The van der Waals surface area contributed by atoms with E-state index in [4.69, 9.17) is 0 Å². The molecule has 0 spiro atoms. The summed E-state index contributed by atoms with van der Waals surface area (Å²) in [5.41, 5.74) is 3.56. The maximum atomic E-state index is 9.42. The van der Waals surface area contributed by atoms with Gasteiger partial charge in [0.25, 0.3) is 0 Å². The van der Waals surface area contributed by atoms with Crippen LogP contribution in [0.5, 0.6) is 5.75 Å². The van der Waals surface area contributed by atoms with Crippen LogP contribution in [0, 0.1) is 0 Å². The van der Waals surface area contributed by atoms with Crippen LogP contribution in [0.1, 0.15) is 12.5 Å². The van der Waals surface area contributed by atoms with Crippen molar-refractivity contribution in [3.05, 3.63) is 72.7 Å². The van der Waals surface area contributed by atoms with Gasteiger partial charge in [-0.3, -0.25) is 0 Å². The number of hydrogen-bond acceptors (Lipinski definition) is 1. The number of benzene rings is 2. The highest BCUT2D eigenvalue weighted by Crippen LogP contribution is 2.21. The number of nitrogens with zero attached hydrogens (tertiary/aromatic N) is 2. The zero-order valence-corrected chi connectivity index (χ0v) is 12.1. The van der Waals surface area contributed by atoms with Gasteiger partial charge < -0.3 is 5.11 Å². The SMILES string of the molecule is CCn1c[n+](Cc2ccccc2)cc1-c1ccc(O)cc1. The minimum absolute atomic E-state index is 0.297. The van der Waals surface area contributed by atoms with E-state index in [1.165, 1.54) is 5.56 Å². The summed E-state index contributed by atoms with van der Waals surface area (Å²) in [7, 11) is 0. The Morgan fingerprint density at radius 2 is 1.71 bits per heavy atom. The Morgan fingerprint density at radius 1 is 1.00 bits per heavy atom. The Morgan fingerprint density at radius 3 is 2.38 bits per heavy atom. The van der Waals surface area contributed by atoms with Crippen LogP contribution >= 0.6 is 0 Å². The molecule has 3 aromatic rings. The Bertz CT molecular complexity index is 715. The second-order valence-electron chi connectivity index (χ2n) is 5.12. The first-order chi connectivity index (χ1) is 10.3. The fourth-order valence-electron chi connectivity index (χ4n) is 2.51. The van der Waals surface area contributed by atoms with Gasteiger partial charge in [-0.2, -0.15) is 0 Å². The average Bonchev–Trinajstić information content (AvgIpc) is 2.92. The number of aromatic hydroxyl groups is 1. The molecule has 21 heavy (non-hydrogen) atoms. The van der Waals surface area contributed by atoms with Crippen LogP contribution in [0.4, 0.5) is 0 Å². The predicted molar refractivity (Wildman–Crippen MR) is 82.9 cm³/mol. The van der Waals surface area contributed by atoms with E-state index in [-0.39, 0.29) is 0 Å². The third kappa shape index (κ3) is 2.97. The lowest BCUT2D eigenvalue weighted by molar-refractivity contribution is -0.687. The van der Waals surface area contributed by atoms with E-state index in [2.05, 4.69) is 52.8 Å². The topological polar surface area (TPSA) is 29.0 Å². The molecule has 3 heteroatoms. The quantitative estimate of drug-likeness (QED) is 0.730. The predicted octanol–water partition coefficient (Wildman–Crippen LogP) is 3.22. The molecular weight excluding hydrogens is 260 g/mol. The molecular formula is C18H19N2O+. The second-order valence-corrected chi connectivity index (χ2v) is 5.12. The molecule has 3 rings (SSSR count). The number of phenolic OH excluding ortho intramolecular Hbond substituents is 1. The summed E-state index contributed by atoms with van der Waals surface area (Å²) in [6.07, 6.45) is 4.29. The van der Waals surface area contributed by atoms with Crippen LogP contribution in [-0.4, -0.2) is 9.67 Å². The molecule has 3 nitrogen and oxygen atoms in total. The zero-order chi connectivity index (χ0) is 14.7. The molecule has 106 valence electrons. The van der Waals surface area contributed by atoms with Crippen molar-refractivity contribution in [2.24, 2.45) is 0 Å². The van der Waals surface area contributed by atoms with Crippen LogP contribution in [0.3, 0.4) is 0 Å². The molecule has 0 saturated carbocycles. The average molecular weight is 279 g/mol. The zero-order valence-electron chi connectivity index (χ0n) is 12.1. The summed E-state index contributed by atoms with van der Waals surface area (Å²) in [4.78, 5) is 0. The highest BCUT2D eigenvalue weighted by molar-refractivity contribution is 5.59. The van der Waals surface area contributed by atoms with Crippen LogP contribution in [0.15, 0.2) is 67.1 Å². The first-order valence-corrected chi connectivity index (χ1v) is 7.19. The summed E-state index contributed by atoms with van der Waals surface area (Å²) in [5, 5.41) is 9.42. The number of hydrogen-bond donors (Lipinski definition) is 1. The van der Waals surface area contributed by atoms with Gasteiger partial charge >= 0.3 is 0 Å². The summed E-state index contributed by atoms with van der Waals surface area (Å²) in [6, 6.07) is 17.8. The maximum Gasteiger partial charge on any atom is 0.244 e. The first kappa shape index (κ1) is 13.4. The van der Waals surface area contributed by atoms with Crippen molar-refractivity contribution in [1.82, 2.24) is 4.57 Å². The van der Waals surface area contributed by atoms with Gasteiger partial charge in [0.05, 0.1) is 6.54 Å². The second kappa shape index (κ2) is 5.83. The van der Waals surface area contributed by atoms with Crippen molar-refractivity contribution in [3.8, 4) is 17.0 Å². The number of rotatable bonds is 4. The van der Waals surface area contributed by atoms with E-state index in [1.807, 2.05) is 18.2 Å². The molecule has 1 N–H and O–H groups in total. The third-order valence-corrected chi connectivity index (χ3v) is 3.60. The molecule has 1 heterocycles. The van der Waals surface area contributed by atoms with Gasteiger partial charge in [-0.25, -0.2) is 9.13 Å². The molecule has 0 radical (unpaired) electrons. The molecule has 0 amide bonds. The molecule has 0 aliphatic rings. The lowest BCUT2D eigenvalue weighted by atomic mass is 10.1. The lowest BCUT2D eigenvalue weighted by Crippen LogP contribution is -2.31. The van der Waals surface area contributed by atoms with E-state index in [0.29, 0.717) is 5.75 Å². The van der Waals surface area contributed by atoms with Crippen molar-refractivity contribution in [2.75, 3.05) is 0 Å². The van der Waals surface area contributed by atoms with Gasteiger partial charge in [-0.15, -0.1) is 0 Å². The van der Waals surface area contributed by atoms with Crippen LogP contribution in [0.25, 0.3) is 11.3 Å². The minimum Gasteiger partial charge on any atom is -0.508 e. The standard InChI is InChI=1S/C18H18N2O/c1-2-20-14-19(12-15-6-4-3-5-7-15)13-18(20)16-8-10-17(21)11-9-16/h3-11,13-14H,2,12H2,1H3/p+1. The maximum absolute atomic E-state index is 9.42. The monoisotopic (exact) mass is 279 g/mol. The number of imidazole rings is 1. The molecule has 0 saturated heterocycles. The van der Waals surface area contributed by atoms with Crippen LogP contribution in [-0.2, 0) is 13.1 Å². The Hall–Kier alpha value is -2.55. The normalized spacial score (nSPS) is 10.7. The largest absolute Gasteiger partial charge is 0.508 e. The van der Waals surface area contributed by atoms with E-state index in [0.717, 1.165) is 24.3 Å². The highest BCUT2D eigenvalue weighted by Gasteiger charge is 2.14. The van der Waals surface area contributed by atoms with Gasteiger partial charge in [0.2, 0.25) is 6.33 Å². The summed E-state index contributed by atoms with van der Waals surface area (Å²) in [5.74, 6) is 0.297. The van der Waals surface area contributed by atoms with Crippen molar-refractivity contribution < 1.29 is 9.67 Å². The Balaban J connectivity index is 1.93. The first-order valence-electron chi connectivity index (χ1n) is 7.19. The third-order valence-electron chi connectivity index (χ3n) is 3.60. The highest BCUT2D eigenvalue weighted by atomic mass is 16.3. The fraction of sp³-hybridized carbons (Fsp3) is 0.167. The van der Waals surface area contributed by atoms with Crippen molar-refractivity contribution in [3.63, 3.8) is 0 Å². The lowest BCUT2D eigenvalue weighted by Gasteiger charge is -1.98.